The van der Waals surface area contributed by atoms with Crippen LogP contribution in [-0.2, 0) is 4.74 Å². The van der Waals surface area contributed by atoms with Gasteiger partial charge in [0.2, 0.25) is 11.7 Å². The van der Waals surface area contributed by atoms with Crippen LogP contribution >= 0.6 is 0 Å². The number of nitrogens with one attached hydrogen (secondary N) is 2. The van der Waals surface area contributed by atoms with E-state index in [0.717, 1.165) is 43.2 Å². The molecule has 0 saturated carbocycles. The summed E-state index contributed by atoms with van der Waals surface area (Å²) in [6, 6.07) is 5.54. The van der Waals surface area contributed by atoms with Crippen molar-refractivity contribution in [2.24, 2.45) is 0 Å². The fourth-order valence-electron chi connectivity index (χ4n) is 3.02. The molecule has 0 aliphatic carbocycles. The Kier molecular flexibility index (Phi) is 6.18. The molecule has 1 unspecified atom stereocenters. The van der Waals surface area contributed by atoms with E-state index in [1.54, 1.807) is 21.3 Å². The number of nitrogens with zero attached hydrogens (tertiary/aromatic N) is 2. The normalized spacial score (nSPS) is 16.1. The third-order valence-electron chi connectivity index (χ3n) is 4.31. The minimum absolute atomic E-state index is 0.242. The number of hydrogen-bond donors (Lipinski definition) is 2. The highest BCUT2D eigenvalue weighted by Crippen LogP contribution is 2.40. The predicted molar refractivity (Wildman–Crippen MR) is 104 cm³/mol. The molecule has 1 aromatic heterocycles. The van der Waals surface area contributed by atoms with Gasteiger partial charge < -0.3 is 29.6 Å². The summed E-state index contributed by atoms with van der Waals surface area (Å²) in [6.07, 6.45) is 2.43. The Morgan fingerprint density at radius 1 is 1.07 bits per heavy atom. The second kappa shape index (κ2) is 8.77. The zero-order valence-corrected chi connectivity index (χ0v) is 16.2. The van der Waals surface area contributed by atoms with Gasteiger partial charge in [0.25, 0.3) is 0 Å². The van der Waals surface area contributed by atoms with E-state index in [2.05, 4.69) is 20.6 Å². The van der Waals surface area contributed by atoms with Crippen LogP contribution in [-0.4, -0.2) is 50.6 Å². The fraction of sp³-hybridized carbons (Fsp3) is 0.474. The monoisotopic (exact) mass is 374 g/mol. The van der Waals surface area contributed by atoms with Gasteiger partial charge in [-0.05, 0) is 19.8 Å². The number of benzene rings is 1. The van der Waals surface area contributed by atoms with Crippen LogP contribution in [0.1, 0.15) is 18.5 Å². The lowest BCUT2D eigenvalue weighted by Gasteiger charge is -2.15. The van der Waals surface area contributed by atoms with E-state index in [-0.39, 0.29) is 6.10 Å². The van der Waals surface area contributed by atoms with Crippen molar-refractivity contribution in [3.8, 4) is 17.2 Å². The lowest BCUT2D eigenvalue weighted by Crippen LogP contribution is -2.19. The molecule has 27 heavy (non-hydrogen) atoms. The van der Waals surface area contributed by atoms with Crippen LogP contribution in [0.2, 0.25) is 0 Å². The molecule has 0 bridgehead atoms. The molecule has 1 atom stereocenters. The summed E-state index contributed by atoms with van der Waals surface area (Å²) < 4.78 is 21.8. The largest absolute Gasteiger partial charge is 0.493 e. The molecule has 0 amide bonds. The molecule has 1 fully saturated rings. The molecule has 1 saturated heterocycles. The van der Waals surface area contributed by atoms with Gasteiger partial charge in [-0.15, -0.1) is 0 Å². The zero-order chi connectivity index (χ0) is 19.2. The van der Waals surface area contributed by atoms with E-state index in [4.69, 9.17) is 18.9 Å². The maximum Gasteiger partial charge on any atom is 0.229 e. The molecule has 146 valence electrons. The highest BCUT2D eigenvalue weighted by molar-refractivity contribution is 5.66. The minimum Gasteiger partial charge on any atom is -0.493 e. The Bertz CT molecular complexity index is 753. The van der Waals surface area contributed by atoms with Gasteiger partial charge in [-0.3, -0.25) is 0 Å². The summed E-state index contributed by atoms with van der Waals surface area (Å²) in [5.41, 5.74) is 1.59. The molecular weight excluding hydrogens is 348 g/mol. The number of hydrogen-bond acceptors (Lipinski definition) is 8. The van der Waals surface area contributed by atoms with E-state index in [0.29, 0.717) is 23.2 Å². The van der Waals surface area contributed by atoms with Crippen molar-refractivity contribution < 1.29 is 18.9 Å². The summed E-state index contributed by atoms with van der Waals surface area (Å²) in [6.45, 7) is 3.50. The Labute approximate surface area is 159 Å². The van der Waals surface area contributed by atoms with Crippen molar-refractivity contribution in [2.45, 2.75) is 25.9 Å². The van der Waals surface area contributed by atoms with E-state index in [9.17, 15) is 0 Å². The van der Waals surface area contributed by atoms with E-state index in [1.165, 1.54) is 0 Å². The lowest BCUT2D eigenvalue weighted by atomic mass is 10.2. The van der Waals surface area contributed by atoms with Gasteiger partial charge in [-0.2, -0.15) is 4.98 Å². The summed E-state index contributed by atoms with van der Waals surface area (Å²) in [7, 11) is 4.73. The Hall–Kier alpha value is -2.74. The summed E-state index contributed by atoms with van der Waals surface area (Å²) in [5, 5.41) is 6.54. The zero-order valence-electron chi connectivity index (χ0n) is 16.2. The molecular formula is C19H26N4O4. The summed E-state index contributed by atoms with van der Waals surface area (Å²) in [4.78, 5) is 9.00. The second-order valence-electron chi connectivity index (χ2n) is 6.27. The SMILES string of the molecule is COc1cc(Nc2nc(C)cc(NCC3CCCO3)n2)cc(OC)c1OC. The van der Waals surface area contributed by atoms with Crippen LogP contribution < -0.4 is 24.8 Å². The molecule has 0 radical (unpaired) electrons. The van der Waals surface area contributed by atoms with Gasteiger partial charge in [0.05, 0.1) is 27.4 Å². The van der Waals surface area contributed by atoms with Gasteiger partial charge in [0.1, 0.15) is 5.82 Å². The smallest absolute Gasteiger partial charge is 0.229 e. The second-order valence-corrected chi connectivity index (χ2v) is 6.27. The highest BCUT2D eigenvalue weighted by atomic mass is 16.5. The van der Waals surface area contributed by atoms with Crippen molar-refractivity contribution in [1.82, 2.24) is 9.97 Å². The molecule has 0 spiro atoms. The molecule has 2 aromatic rings. The maximum absolute atomic E-state index is 5.64. The van der Waals surface area contributed by atoms with Crippen molar-refractivity contribution in [1.29, 1.82) is 0 Å². The molecule has 1 aromatic carbocycles. The number of aromatic nitrogens is 2. The van der Waals surface area contributed by atoms with E-state index >= 15 is 0 Å². The summed E-state index contributed by atoms with van der Waals surface area (Å²) in [5.74, 6) is 2.90. The first-order valence-electron chi connectivity index (χ1n) is 8.91. The standard InChI is InChI=1S/C19H26N4O4/c1-12-8-17(20-11-14-6-5-7-27-14)23-19(21-12)22-13-9-15(24-2)18(26-4)16(10-13)25-3/h8-10,14H,5-7,11H2,1-4H3,(H2,20,21,22,23). The topological polar surface area (TPSA) is 86.8 Å². The third-order valence-corrected chi connectivity index (χ3v) is 4.31. The van der Waals surface area contributed by atoms with Gasteiger partial charge >= 0.3 is 0 Å². The van der Waals surface area contributed by atoms with E-state index in [1.807, 2.05) is 25.1 Å². The lowest BCUT2D eigenvalue weighted by molar-refractivity contribution is 0.120. The molecule has 3 rings (SSSR count). The number of aryl methyl sites for hydroxylation is 1. The van der Waals surface area contributed by atoms with Gasteiger partial charge in [-0.25, -0.2) is 4.98 Å². The first-order chi connectivity index (χ1) is 13.1. The molecule has 1 aliphatic rings. The molecule has 8 nitrogen and oxygen atoms in total. The highest BCUT2D eigenvalue weighted by Gasteiger charge is 2.16. The van der Waals surface area contributed by atoms with Gasteiger partial charge in [0.15, 0.2) is 11.5 Å². The minimum atomic E-state index is 0.242. The number of methoxy groups -OCH3 is 3. The van der Waals surface area contributed by atoms with Gasteiger partial charge in [-0.1, -0.05) is 0 Å². The van der Waals surface area contributed by atoms with Crippen molar-refractivity contribution in [3.63, 3.8) is 0 Å². The van der Waals surface area contributed by atoms with Crippen LogP contribution in [0.15, 0.2) is 18.2 Å². The van der Waals surface area contributed by atoms with Crippen molar-refractivity contribution in [2.75, 3.05) is 45.1 Å². The van der Waals surface area contributed by atoms with Gasteiger partial charge in [0, 0.05) is 42.7 Å². The van der Waals surface area contributed by atoms with Crippen LogP contribution in [0, 0.1) is 6.92 Å². The Balaban J connectivity index is 1.78. The maximum atomic E-state index is 5.64. The number of anilines is 3. The number of ether oxygens (including phenoxy) is 4. The van der Waals surface area contributed by atoms with Crippen LogP contribution in [0.4, 0.5) is 17.5 Å². The van der Waals surface area contributed by atoms with Crippen molar-refractivity contribution >= 4 is 17.5 Å². The Morgan fingerprint density at radius 2 is 1.81 bits per heavy atom. The molecule has 2 heterocycles. The van der Waals surface area contributed by atoms with Crippen molar-refractivity contribution in [3.05, 3.63) is 23.9 Å². The average molecular weight is 374 g/mol. The first-order valence-corrected chi connectivity index (χ1v) is 8.91. The fourth-order valence-corrected chi connectivity index (χ4v) is 3.02. The van der Waals surface area contributed by atoms with Crippen LogP contribution in [0.25, 0.3) is 0 Å². The third kappa shape index (κ3) is 4.71. The van der Waals surface area contributed by atoms with Crippen LogP contribution in [0.3, 0.4) is 0 Å². The van der Waals surface area contributed by atoms with Crippen LogP contribution in [0.5, 0.6) is 17.2 Å². The average Bonchev–Trinajstić information content (AvgIpc) is 3.18. The quantitative estimate of drug-likeness (QED) is 0.729. The first kappa shape index (κ1) is 19.0. The molecule has 8 heteroatoms. The molecule has 1 aliphatic heterocycles. The van der Waals surface area contributed by atoms with E-state index < -0.39 is 0 Å². The molecule has 2 N–H and O–H groups in total. The Morgan fingerprint density at radius 3 is 2.41 bits per heavy atom. The predicted octanol–water partition coefficient (Wildman–Crippen LogP) is 3.15. The summed E-state index contributed by atoms with van der Waals surface area (Å²) >= 11 is 0. The number of rotatable bonds is 8.